The quantitative estimate of drug-likeness (QED) is 0.866. The molecule has 102 valence electrons. The van der Waals surface area contributed by atoms with E-state index in [0.717, 1.165) is 30.1 Å². The van der Waals surface area contributed by atoms with E-state index < -0.39 is 0 Å². The van der Waals surface area contributed by atoms with E-state index in [-0.39, 0.29) is 0 Å². The summed E-state index contributed by atoms with van der Waals surface area (Å²) in [5.74, 6) is 0.898. The van der Waals surface area contributed by atoms with Gasteiger partial charge in [-0.3, -0.25) is 4.68 Å². The predicted octanol–water partition coefficient (Wildman–Crippen LogP) is 2.99. The zero-order valence-corrected chi connectivity index (χ0v) is 11.8. The molecule has 0 aliphatic rings. The van der Waals surface area contributed by atoms with E-state index in [1.165, 1.54) is 5.56 Å². The molecule has 0 unspecified atom stereocenters. The zero-order valence-electron chi connectivity index (χ0n) is 11.8. The number of rotatable bonds is 6. The van der Waals surface area contributed by atoms with Crippen LogP contribution in [0.1, 0.15) is 25.1 Å². The van der Waals surface area contributed by atoms with E-state index in [4.69, 9.17) is 4.74 Å². The van der Waals surface area contributed by atoms with Gasteiger partial charge in [0.25, 0.3) is 0 Å². The lowest BCUT2D eigenvalue weighted by Gasteiger charge is -2.08. The minimum absolute atomic E-state index is 0.687. The van der Waals surface area contributed by atoms with Crippen molar-refractivity contribution in [1.82, 2.24) is 9.78 Å². The zero-order chi connectivity index (χ0) is 13.7. The van der Waals surface area contributed by atoms with E-state index in [1.54, 1.807) is 0 Å². The Morgan fingerprint density at radius 2 is 2.16 bits per heavy atom. The monoisotopic (exact) mass is 259 g/mol. The molecule has 0 spiro atoms. The Labute approximate surface area is 114 Å². The van der Waals surface area contributed by atoms with Crippen molar-refractivity contribution < 1.29 is 4.74 Å². The Morgan fingerprint density at radius 1 is 1.32 bits per heavy atom. The van der Waals surface area contributed by atoms with Crippen LogP contribution in [0.5, 0.6) is 5.75 Å². The first-order valence-corrected chi connectivity index (χ1v) is 6.71. The van der Waals surface area contributed by atoms with Crippen LogP contribution in [-0.4, -0.2) is 16.4 Å². The summed E-state index contributed by atoms with van der Waals surface area (Å²) in [5.41, 5.74) is 3.46. The Bertz CT molecular complexity index is 534. The van der Waals surface area contributed by atoms with Gasteiger partial charge in [0.05, 0.1) is 12.3 Å². The van der Waals surface area contributed by atoms with Crippen LogP contribution in [0.3, 0.4) is 0 Å². The molecule has 0 amide bonds. The molecular weight excluding hydrogens is 238 g/mol. The summed E-state index contributed by atoms with van der Waals surface area (Å²) in [5, 5.41) is 7.85. The molecule has 1 heterocycles. The van der Waals surface area contributed by atoms with Crippen LogP contribution in [0.2, 0.25) is 0 Å². The summed E-state index contributed by atoms with van der Waals surface area (Å²) in [6.07, 6.45) is 3.02. The predicted molar refractivity (Wildman–Crippen MR) is 77.5 cm³/mol. The highest BCUT2D eigenvalue weighted by atomic mass is 16.5. The van der Waals surface area contributed by atoms with E-state index in [2.05, 4.69) is 23.5 Å². The first kappa shape index (κ1) is 13.5. The van der Waals surface area contributed by atoms with Crippen LogP contribution in [0, 0.1) is 0 Å². The van der Waals surface area contributed by atoms with Gasteiger partial charge in [-0.05, 0) is 25.5 Å². The van der Waals surface area contributed by atoms with Gasteiger partial charge in [-0.25, -0.2) is 0 Å². The van der Waals surface area contributed by atoms with E-state index >= 15 is 0 Å². The number of hydrogen-bond acceptors (Lipinski definition) is 3. The molecule has 2 aromatic rings. The number of nitrogens with one attached hydrogen (secondary N) is 1. The van der Waals surface area contributed by atoms with Gasteiger partial charge >= 0.3 is 0 Å². The van der Waals surface area contributed by atoms with Crippen molar-refractivity contribution in [2.45, 2.75) is 26.8 Å². The third-order valence-corrected chi connectivity index (χ3v) is 2.95. The largest absolute Gasteiger partial charge is 0.494 e. The van der Waals surface area contributed by atoms with Gasteiger partial charge in [-0.1, -0.05) is 13.0 Å². The van der Waals surface area contributed by atoms with Crippen LogP contribution < -0.4 is 10.1 Å². The highest BCUT2D eigenvalue weighted by Gasteiger charge is 2.05. The van der Waals surface area contributed by atoms with Crippen molar-refractivity contribution in [3.8, 4) is 5.75 Å². The fraction of sp³-hybridized carbons (Fsp3) is 0.400. The van der Waals surface area contributed by atoms with E-state index in [9.17, 15) is 0 Å². The number of anilines is 1. The van der Waals surface area contributed by atoms with Gasteiger partial charge < -0.3 is 10.1 Å². The third kappa shape index (κ3) is 3.50. The smallest absolute Gasteiger partial charge is 0.121 e. The fourth-order valence-electron chi connectivity index (χ4n) is 2.09. The first-order chi connectivity index (χ1) is 9.22. The highest BCUT2D eigenvalue weighted by molar-refractivity contribution is 5.48. The molecule has 2 rings (SSSR count). The normalized spacial score (nSPS) is 10.5. The van der Waals surface area contributed by atoms with Gasteiger partial charge in [-0.2, -0.15) is 5.10 Å². The summed E-state index contributed by atoms with van der Waals surface area (Å²) >= 11 is 0. The summed E-state index contributed by atoms with van der Waals surface area (Å²) in [6, 6.07) is 8.03. The second kappa shape index (κ2) is 6.27. The minimum Gasteiger partial charge on any atom is -0.494 e. The van der Waals surface area contributed by atoms with Gasteiger partial charge in [0, 0.05) is 37.1 Å². The molecule has 0 radical (unpaired) electrons. The van der Waals surface area contributed by atoms with E-state index in [0.29, 0.717) is 6.61 Å². The Morgan fingerprint density at radius 3 is 2.89 bits per heavy atom. The van der Waals surface area contributed by atoms with Crippen molar-refractivity contribution in [2.75, 3.05) is 11.9 Å². The van der Waals surface area contributed by atoms with Crippen LogP contribution in [0.4, 0.5) is 5.69 Å². The number of ether oxygens (including phenoxy) is 1. The maximum Gasteiger partial charge on any atom is 0.121 e. The van der Waals surface area contributed by atoms with Crippen molar-refractivity contribution >= 4 is 5.69 Å². The molecule has 0 saturated carbocycles. The van der Waals surface area contributed by atoms with Crippen molar-refractivity contribution in [3.05, 3.63) is 41.7 Å². The molecule has 0 saturated heterocycles. The molecule has 0 fully saturated rings. The SMILES string of the molecule is CCOc1cccc(NCc2cn(C)nc2CC)c1. The molecule has 1 aromatic heterocycles. The standard InChI is InChI=1S/C15H21N3O/c1-4-15-12(11-18(3)17-15)10-16-13-7-6-8-14(9-13)19-5-2/h6-9,11,16H,4-5,10H2,1-3H3. The van der Waals surface area contributed by atoms with Crippen molar-refractivity contribution in [1.29, 1.82) is 0 Å². The molecule has 0 aliphatic heterocycles. The van der Waals surface area contributed by atoms with E-state index in [1.807, 2.05) is 42.9 Å². The van der Waals surface area contributed by atoms with Crippen LogP contribution in [0.25, 0.3) is 0 Å². The lowest BCUT2D eigenvalue weighted by Crippen LogP contribution is -2.01. The number of nitrogens with zero attached hydrogens (tertiary/aromatic N) is 2. The minimum atomic E-state index is 0.687. The third-order valence-electron chi connectivity index (χ3n) is 2.95. The Balaban J connectivity index is 2.03. The highest BCUT2D eigenvalue weighted by Crippen LogP contribution is 2.18. The van der Waals surface area contributed by atoms with Gasteiger partial charge in [0.2, 0.25) is 0 Å². The average Bonchev–Trinajstić information content (AvgIpc) is 2.78. The maximum atomic E-state index is 5.49. The summed E-state index contributed by atoms with van der Waals surface area (Å²) in [6.45, 7) is 5.59. The first-order valence-electron chi connectivity index (χ1n) is 6.71. The molecule has 0 aliphatic carbocycles. The number of benzene rings is 1. The molecule has 4 nitrogen and oxygen atoms in total. The van der Waals surface area contributed by atoms with Gasteiger partial charge in [-0.15, -0.1) is 0 Å². The molecule has 4 heteroatoms. The Hall–Kier alpha value is -1.97. The summed E-state index contributed by atoms with van der Waals surface area (Å²) in [7, 11) is 1.96. The Kier molecular flexibility index (Phi) is 4.44. The number of hydrogen-bond donors (Lipinski definition) is 1. The fourth-order valence-corrected chi connectivity index (χ4v) is 2.09. The van der Waals surface area contributed by atoms with Gasteiger partial charge in [0.1, 0.15) is 5.75 Å². The lowest BCUT2D eigenvalue weighted by molar-refractivity contribution is 0.340. The van der Waals surface area contributed by atoms with Crippen LogP contribution in [0.15, 0.2) is 30.5 Å². The molecule has 1 aromatic carbocycles. The van der Waals surface area contributed by atoms with Gasteiger partial charge in [0.15, 0.2) is 0 Å². The van der Waals surface area contributed by atoms with Crippen molar-refractivity contribution in [3.63, 3.8) is 0 Å². The molecule has 0 bridgehead atoms. The maximum absolute atomic E-state index is 5.49. The second-order valence-corrected chi connectivity index (χ2v) is 4.44. The molecule has 0 atom stereocenters. The second-order valence-electron chi connectivity index (χ2n) is 4.44. The lowest BCUT2D eigenvalue weighted by atomic mass is 10.2. The van der Waals surface area contributed by atoms with Crippen molar-refractivity contribution in [2.24, 2.45) is 7.05 Å². The molecule has 1 N–H and O–H groups in total. The molecular formula is C15H21N3O. The van der Waals surface area contributed by atoms with Crippen LogP contribution >= 0.6 is 0 Å². The number of aromatic nitrogens is 2. The molecule has 19 heavy (non-hydrogen) atoms. The van der Waals surface area contributed by atoms with Crippen LogP contribution in [-0.2, 0) is 20.0 Å². The average molecular weight is 259 g/mol. The number of aryl methyl sites for hydroxylation is 2. The summed E-state index contributed by atoms with van der Waals surface area (Å²) < 4.78 is 7.36. The summed E-state index contributed by atoms with van der Waals surface area (Å²) in [4.78, 5) is 0. The topological polar surface area (TPSA) is 39.1 Å².